The maximum Gasteiger partial charge on any atom is 0.0366 e. The number of anilines is 1. The van der Waals surface area contributed by atoms with Gasteiger partial charge < -0.3 is 10.2 Å². The fourth-order valence-electron chi connectivity index (χ4n) is 2.55. The second kappa shape index (κ2) is 8.18. The van der Waals surface area contributed by atoms with Crippen LogP contribution in [0.4, 0.5) is 5.69 Å². The minimum absolute atomic E-state index is 1.14. The summed E-state index contributed by atoms with van der Waals surface area (Å²) in [5.41, 5.74) is 1.37. The lowest BCUT2D eigenvalue weighted by Gasteiger charge is -2.31. The van der Waals surface area contributed by atoms with E-state index in [4.69, 9.17) is 0 Å². The van der Waals surface area contributed by atoms with Gasteiger partial charge in [-0.15, -0.1) is 0 Å². The molecule has 1 N–H and O–H groups in total. The lowest BCUT2D eigenvalue weighted by Crippen LogP contribution is -2.46. The molecule has 0 atom stereocenters. The van der Waals surface area contributed by atoms with E-state index < -0.39 is 0 Å². The summed E-state index contributed by atoms with van der Waals surface area (Å²) in [6.45, 7) is 10.4. The Morgan fingerprint density at radius 3 is 2.53 bits per heavy atom. The smallest absolute Gasteiger partial charge is 0.0366 e. The van der Waals surface area contributed by atoms with Crippen LogP contribution in [0.5, 0.6) is 0 Å². The summed E-state index contributed by atoms with van der Waals surface area (Å²) in [5.74, 6) is 0. The summed E-state index contributed by atoms with van der Waals surface area (Å²) < 4.78 is 0. The molecule has 3 heteroatoms. The zero-order valence-electron chi connectivity index (χ0n) is 12.1. The summed E-state index contributed by atoms with van der Waals surface area (Å²) in [5, 5.41) is 3.41. The summed E-state index contributed by atoms with van der Waals surface area (Å²) in [4.78, 5) is 5.10. The molecule has 1 aromatic carbocycles. The van der Waals surface area contributed by atoms with E-state index in [1.165, 1.54) is 44.7 Å². The van der Waals surface area contributed by atoms with Gasteiger partial charge in [0.15, 0.2) is 0 Å². The van der Waals surface area contributed by atoms with Crippen LogP contribution in [0.25, 0.3) is 0 Å². The molecular formula is C16H27N3. The highest BCUT2D eigenvalue weighted by atomic mass is 15.2. The Hall–Kier alpha value is -1.06. The van der Waals surface area contributed by atoms with Crippen LogP contribution in [0.15, 0.2) is 30.3 Å². The molecule has 1 aliphatic rings. The highest BCUT2D eigenvalue weighted by Crippen LogP contribution is 2.14. The topological polar surface area (TPSA) is 18.5 Å². The average Bonchev–Trinajstić information content (AvgIpc) is 2.49. The minimum atomic E-state index is 1.14. The highest BCUT2D eigenvalue weighted by molar-refractivity contribution is 5.45. The van der Waals surface area contributed by atoms with Crippen LogP contribution in [0, 0.1) is 0 Å². The molecule has 106 valence electrons. The van der Waals surface area contributed by atoms with Gasteiger partial charge in [-0.05, 0) is 18.6 Å². The number of piperazine rings is 1. The standard InChI is InChI=1S/C16H27N3/c1-2-3-11-19(16-7-5-4-6-8-16)15-14-18-12-9-17-10-13-18/h4-8,17H,2-3,9-15H2,1H3. The van der Waals surface area contributed by atoms with Crippen molar-refractivity contribution in [3.63, 3.8) is 0 Å². The maximum absolute atomic E-state index is 3.41. The van der Waals surface area contributed by atoms with Gasteiger partial charge in [0.2, 0.25) is 0 Å². The molecule has 0 spiro atoms. The Labute approximate surface area is 117 Å². The van der Waals surface area contributed by atoms with Crippen LogP contribution in [0.2, 0.25) is 0 Å². The summed E-state index contributed by atoms with van der Waals surface area (Å²) in [6.07, 6.45) is 2.54. The molecular weight excluding hydrogens is 234 g/mol. The van der Waals surface area contributed by atoms with Crippen LogP contribution in [0.3, 0.4) is 0 Å². The lowest BCUT2D eigenvalue weighted by molar-refractivity contribution is 0.245. The third-order valence-electron chi connectivity index (χ3n) is 3.80. The average molecular weight is 261 g/mol. The first kappa shape index (κ1) is 14.4. The quantitative estimate of drug-likeness (QED) is 0.812. The Bertz CT molecular complexity index is 333. The molecule has 1 fully saturated rings. The van der Waals surface area contributed by atoms with Crippen molar-refractivity contribution in [3.8, 4) is 0 Å². The molecule has 1 aromatic rings. The lowest BCUT2D eigenvalue weighted by atomic mass is 10.2. The van der Waals surface area contributed by atoms with E-state index in [1.807, 2.05) is 0 Å². The first-order valence-corrected chi connectivity index (χ1v) is 7.63. The molecule has 19 heavy (non-hydrogen) atoms. The predicted octanol–water partition coefficient (Wildman–Crippen LogP) is 2.20. The fourth-order valence-corrected chi connectivity index (χ4v) is 2.55. The molecule has 0 aliphatic carbocycles. The molecule has 1 heterocycles. The van der Waals surface area contributed by atoms with Crippen molar-refractivity contribution in [2.75, 3.05) is 50.7 Å². The van der Waals surface area contributed by atoms with Gasteiger partial charge in [-0.2, -0.15) is 0 Å². The molecule has 2 rings (SSSR count). The molecule has 0 radical (unpaired) electrons. The van der Waals surface area contributed by atoms with Crippen molar-refractivity contribution in [1.82, 2.24) is 10.2 Å². The van der Waals surface area contributed by atoms with Crippen molar-refractivity contribution < 1.29 is 0 Å². The first-order chi connectivity index (χ1) is 9.40. The van der Waals surface area contributed by atoms with Crippen molar-refractivity contribution in [3.05, 3.63) is 30.3 Å². The number of hydrogen-bond acceptors (Lipinski definition) is 3. The number of unbranched alkanes of at least 4 members (excludes halogenated alkanes) is 1. The van der Waals surface area contributed by atoms with Gasteiger partial charge in [-0.1, -0.05) is 31.5 Å². The highest BCUT2D eigenvalue weighted by Gasteiger charge is 2.11. The number of rotatable bonds is 7. The Kier molecular flexibility index (Phi) is 6.18. The van der Waals surface area contributed by atoms with E-state index >= 15 is 0 Å². The molecule has 0 bridgehead atoms. The number of hydrogen-bond donors (Lipinski definition) is 1. The minimum Gasteiger partial charge on any atom is -0.370 e. The number of para-hydroxylation sites is 1. The van der Waals surface area contributed by atoms with Crippen molar-refractivity contribution in [2.45, 2.75) is 19.8 Å². The Morgan fingerprint density at radius 1 is 1.11 bits per heavy atom. The van der Waals surface area contributed by atoms with Crippen molar-refractivity contribution in [2.24, 2.45) is 0 Å². The summed E-state index contributed by atoms with van der Waals surface area (Å²) >= 11 is 0. The van der Waals surface area contributed by atoms with Gasteiger partial charge in [0.1, 0.15) is 0 Å². The molecule has 0 amide bonds. The third kappa shape index (κ3) is 4.84. The molecule has 0 unspecified atom stereocenters. The van der Waals surface area contributed by atoms with Gasteiger partial charge in [-0.3, -0.25) is 4.90 Å². The molecule has 1 aliphatic heterocycles. The summed E-state index contributed by atoms with van der Waals surface area (Å²) in [6, 6.07) is 10.8. The van der Waals surface area contributed by atoms with Crippen LogP contribution in [-0.4, -0.2) is 50.7 Å². The molecule has 1 saturated heterocycles. The van der Waals surface area contributed by atoms with Crippen LogP contribution in [0.1, 0.15) is 19.8 Å². The third-order valence-corrected chi connectivity index (χ3v) is 3.80. The van der Waals surface area contributed by atoms with Crippen molar-refractivity contribution in [1.29, 1.82) is 0 Å². The zero-order chi connectivity index (χ0) is 13.3. The fraction of sp³-hybridized carbons (Fsp3) is 0.625. The van der Waals surface area contributed by atoms with E-state index in [1.54, 1.807) is 0 Å². The molecule has 0 aromatic heterocycles. The van der Waals surface area contributed by atoms with Crippen molar-refractivity contribution >= 4 is 5.69 Å². The largest absolute Gasteiger partial charge is 0.370 e. The van der Waals surface area contributed by atoms with Crippen LogP contribution >= 0.6 is 0 Å². The van der Waals surface area contributed by atoms with E-state index in [0.29, 0.717) is 0 Å². The SMILES string of the molecule is CCCCN(CCN1CCNCC1)c1ccccc1. The van der Waals surface area contributed by atoms with E-state index in [0.717, 1.165) is 19.6 Å². The van der Waals surface area contributed by atoms with Crippen LogP contribution < -0.4 is 10.2 Å². The van der Waals surface area contributed by atoms with E-state index in [9.17, 15) is 0 Å². The van der Waals surface area contributed by atoms with Gasteiger partial charge in [-0.25, -0.2) is 0 Å². The molecule has 3 nitrogen and oxygen atoms in total. The maximum atomic E-state index is 3.41. The Balaban J connectivity index is 1.86. The van der Waals surface area contributed by atoms with Gasteiger partial charge in [0.05, 0.1) is 0 Å². The monoisotopic (exact) mass is 261 g/mol. The second-order valence-corrected chi connectivity index (χ2v) is 5.27. The van der Waals surface area contributed by atoms with Gasteiger partial charge >= 0.3 is 0 Å². The number of benzene rings is 1. The van der Waals surface area contributed by atoms with E-state index in [-0.39, 0.29) is 0 Å². The van der Waals surface area contributed by atoms with Gasteiger partial charge in [0.25, 0.3) is 0 Å². The number of nitrogens with zero attached hydrogens (tertiary/aromatic N) is 2. The zero-order valence-corrected chi connectivity index (χ0v) is 12.1. The first-order valence-electron chi connectivity index (χ1n) is 7.63. The van der Waals surface area contributed by atoms with Crippen LogP contribution in [-0.2, 0) is 0 Å². The Morgan fingerprint density at radius 2 is 1.84 bits per heavy atom. The van der Waals surface area contributed by atoms with Gasteiger partial charge in [0, 0.05) is 51.5 Å². The summed E-state index contributed by atoms with van der Waals surface area (Å²) in [7, 11) is 0. The molecule has 0 saturated carbocycles. The van der Waals surface area contributed by atoms with E-state index in [2.05, 4.69) is 52.4 Å². The normalized spacial score (nSPS) is 16.5. The second-order valence-electron chi connectivity index (χ2n) is 5.27. The number of nitrogens with one attached hydrogen (secondary N) is 1. The predicted molar refractivity (Wildman–Crippen MR) is 82.9 cm³/mol.